The summed E-state index contributed by atoms with van der Waals surface area (Å²) < 4.78 is 4.12. The van der Waals surface area contributed by atoms with E-state index < -0.39 is 0 Å². The monoisotopic (exact) mass is 481 g/mol. The molecule has 9 heteroatoms. The molecule has 0 atom stereocenters. The average molecular weight is 483 g/mol. The third-order valence-electron chi connectivity index (χ3n) is 4.19. The molecule has 0 bridgehead atoms. The van der Waals surface area contributed by atoms with Gasteiger partial charge < -0.3 is 10.2 Å². The van der Waals surface area contributed by atoms with Crippen molar-refractivity contribution in [3.63, 3.8) is 0 Å². The van der Waals surface area contributed by atoms with Gasteiger partial charge in [0.25, 0.3) is 0 Å². The van der Waals surface area contributed by atoms with E-state index in [-0.39, 0.29) is 18.9 Å². The molecule has 156 valence electrons. The summed E-state index contributed by atoms with van der Waals surface area (Å²) in [5.41, 5.74) is 3.88. The number of oxime groups is 1. The number of carbonyl (C=O) groups is 1. The van der Waals surface area contributed by atoms with Crippen molar-refractivity contribution in [2.45, 2.75) is 26.9 Å². The molecule has 1 N–H and O–H groups in total. The molecule has 0 saturated heterocycles. The number of hydrogen-bond acceptors (Lipinski definition) is 5. The number of anilines is 1. The third-order valence-corrected chi connectivity index (χ3v) is 6.21. The van der Waals surface area contributed by atoms with Gasteiger partial charge in [0.05, 0.1) is 22.8 Å². The van der Waals surface area contributed by atoms with Crippen LogP contribution in [0.3, 0.4) is 0 Å². The molecular weight excluding hydrogens is 465 g/mol. The van der Waals surface area contributed by atoms with Crippen molar-refractivity contribution < 1.29 is 9.63 Å². The van der Waals surface area contributed by atoms with Crippen molar-refractivity contribution in [2.75, 3.05) is 5.32 Å². The maximum absolute atomic E-state index is 12.3. The van der Waals surface area contributed by atoms with Crippen LogP contribution in [0.1, 0.15) is 29.3 Å². The Morgan fingerprint density at radius 1 is 1.20 bits per heavy atom. The lowest BCUT2D eigenvalue weighted by Gasteiger charge is -2.07. The van der Waals surface area contributed by atoms with E-state index in [2.05, 4.69) is 14.8 Å². The van der Waals surface area contributed by atoms with E-state index in [1.165, 1.54) is 11.5 Å². The lowest BCUT2D eigenvalue weighted by atomic mass is 10.1. The summed E-state index contributed by atoms with van der Waals surface area (Å²) in [5.74, 6) is -0.166. The molecule has 30 heavy (non-hydrogen) atoms. The van der Waals surface area contributed by atoms with Crippen molar-refractivity contribution in [3.05, 3.63) is 79.9 Å². The molecule has 0 spiro atoms. The summed E-state index contributed by atoms with van der Waals surface area (Å²) in [6, 6.07) is 12.8. The van der Waals surface area contributed by atoms with Gasteiger partial charge in [-0.25, -0.2) is 0 Å². The lowest BCUT2D eigenvalue weighted by molar-refractivity contribution is -0.115. The van der Waals surface area contributed by atoms with Crippen LogP contribution in [-0.2, 0) is 22.7 Å². The fraction of sp³-hybridized carbons (Fsp3) is 0.190. The Kier molecular flexibility index (Phi) is 7.72. The van der Waals surface area contributed by atoms with Gasteiger partial charge in [-0.05, 0) is 54.7 Å². The highest BCUT2D eigenvalue weighted by Crippen LogP contribution is 2.29. The van der Waals surface area contributed by atoms with Gasteiger partial charge >= 0.3 is 0 Å². The topological polar surface area (TPSA) is 63.6 Å². The molecule has 1 amide bonds. The molecule has 0 saturated carbocycles. The quantitative estimate of drug-likeness (QED) is 0.307. The van der Waals surface area contributed by atoms with E-state index in [9.17, 15) is 4.79 Å². The standard InChI is InChI=1S/C21H18Cl3N3O2S/c1-12(26-29-11-16-6-7-17(22)10-18(16)23)15-5-3-4-14(8-15)9-19(28)25-21-20(24)13(2)27-30-21/h3-8,10H,9,11H2,1-2H3,(H,25,28)/b26-12+. The minimum atomic E-state index is -0.166. The van der Waals surface area contributed by atoms with Crippen LogP contribution >= 0.6 is 46.3 Å². The minimum Gasteiger partial charge on any atom is -0.391 e. The first-order valence-corrected chi connectivity index (χ1v) is 10.9. The summed E-state index contributed by atoms with van der Waals surface area (Å²) in [5, 5.41) is 9.08. The number of benzene rings is 2. The molecule has 0 aliphatic rings. The van der Waals surface area contributed by atoms with Gasteiger partial charge in [-0.3, -0.25) is 4.79 Å². The summed E-state index contributed by atoms with van der Waals surface area (Å²) in [6.45, 7) is 3.86. The van der Waals surface area contributed by atoms with E-state index in [0.29, 0.717) is 31.5 Å². The molecule has 3 rings (SSSR count). The number of nitrogens with one attached hydrogen (secondary N) is 1. The van der Waals surface area contributed by atoms with Gasteiger partial charge in [0.2, 0.25) is 5.91 Å². The van der Waals surface area contributed by atoms with E-state index in [4.69, 9.17) is 39.6 Å². The van der Waals surface area contributed by atoms with Gasteiger partial charge in [-0.1, -0.05) is 64.2 Å². The van der Waals surface area contributed by atoms with Gasteiger partial charge in [-0.15, -0.1) is 0 Å². The molecule has 0 fully saturated rings. The number of aromatic nitrogens is 1. The Morgan fingerprint density at radius 3 is 2.70 bits per heavy atom. The van der Waals surface area contributed by atoms with Crippen molar-refractivity contribution >= 4 is 63.0 Å². The molecule has 3 aromatic rings. The summed E-state index contributed by atoms with van der Waals surface area (Å²) >= 11 is 19.3. The minimum absolute atomic E-state index is 0.166. The van der Waals surface area contributed by atoms with Crippen LogP contribution in [0.4, 0.5) is 5.00 Å². The number of hydrogen-bond donors (Lipinski definition) is 1. The number of rotatable bonds is 7. The van der Waals surface area contributed by atoms with E-state index >= 15 is 0 Å². The zero-order valence-corrected chi connectivity index (χ0v) is 19.3. The largest absolute Gasteiger partial charge is 0.391 e. The van der Waals surface area contributed by atoms with E-state index in [1.807, 2.05) is 31.2 Å². The zero-order valence-electron chi connectivity index (χ0n) is 16.2. The van der Waals surface area contributed by atoms with Crippen LogP contribution < -0.4 is 5.32 Å². The van der Waals surface area contributed by atoms with Gasteiger partial charge in [0.15, 0.2) is 0 Å². The number of amides is 1. The molecule has 2 aromatic carbocycles. The zero-order chi connectivity index (χ0) is 21.7. The van der Waals surface area contributed by atoms with Crippen LogP contribution in [0.15, 0.2) is 47.6 Å². The van der Waals surface area contributed by atoms with Crippen LogP contribution in [0, 0.1) is 6.92 Å². The lowest BCUT2D eigenvalue weighted by Crippen LogP contribution is -2.14. The van der Waals surface area contributed by atoms with Crippen molar-refractivity contribution in [3.8, 4) is 0 Å². The Labute approximate surface area is 193 Å². The SMILES string of the molecule is C/C(=N\OCc1ccc(Cl)cc1Cl)c1cccc(CC(=O)Nc2snc(C)c2Cl)c1. The Morgan fingerprint density at radius 2 is 2.00 bits per heavy atom. The van der Waals surface area contributed by atoms with Crippen molar-refractivity contribution in [1.82, 2.24) is 4.37 Å². The summed E-state index contributed by atoms with van der Waals surface area (Å²) in [6.07, 6.45) is 0.204. The maximum Gasteiger partial charge on any atom is 0.229 e. The molecule has 0 radical (unpaired) electrons. The summed E-state index contributed by atoms with van der Waals surface area (Å²) in [7, 11) is 0. The van der Waals surface area contributed by atoms with Crippen LogP contribution in [0.25, 0.3) is 0 Å². The second kappa shape index (κ2) is 10.3. The Balaban J connectivity index is 1.61. The molecule has 0 aliphatic heterocycles. The number of carbonyl (C=O) groups excluding carboxylic acids is 1. The highest BCUT2D eigenvalue weighted by atomic mass is 35.5. The smallest absolute Gasteiger partial charge is 0.229 e. The molecular formula is C21H18Cl3N3O2S. The van der Waals surface area contributed by atoms with Crippen LogP contribution in [0.5, 0.6) is 0 Å². The molecule has 1 heterocycles. The molecule has 1 aromatic heterocycles. The number of halogens is 3. The van der Waals surface area contributed by atoms with Crippen LogP contribution in [-0.4, -0.2) is 16.0 Å². The van der Waals surface area contributed by atoms with Gasteiger partial charge in [0.1, 0.15) is 11.6 Å². The van der Waals surface area contributed by atoms with E-state index in [0.717, 1.165) is 16.7 Å². The number of nitrogens with zero attached hydrogens (tertiary/aromatic N) is 2. The maximum atomic E-state index is 12.3. The highest BCUT2D eigenvalue weighted by Gasteiger charge is 2.12. The molecule has 0 unspecified atom stereocenters. The number of aryl methyl sites for hydroxylation is 1. The third kappa shape index (κ3) is 5.95. The summed E-state index contributed by atoms with van der Waals surface area (Å²) in [4.78, 5) is 17.8. The fourth-order valence-corrected chi connectivity index (χ4v) is 4.00. The first kappa shape index (κ1) is 22.6. The Bertz CT molecular complexity index is 1100. The van der Waals surface area contributed by atoms with E-state index in [1.54, 1.807) is 25.1 Å². The Hall–Kier alpha value is -2.12. The van der Waals surface area contributed by atoms with Crippen LogP contribution in [0.2, 0.25) is 15.1 Å². The van der Waals surface area contributed by atoms with Gasteiger partial charge in [0, 0.05) is 15.6 Å². The van der Waals surface area contributed by atoms with Crippen molar-refractivity contribution in [1.29, 1.82) is 0 Å². The first-order chi connectivity index (χ1) is 14.3. The van der Waals surface area contributed by atoms with Gasteiger partial charge in [-0.2, -0.15) is 4.37 Å². The van der Waals surface area contributed by atoms with Crippen molar-refractivity contribution in [2.24, 2.45) is 5.16 Å². The highest BCUT2D eigenvalue weighted by molar-refractivity contribution is 7.11. The second-order valence-electron chi connectivity index (χ2n) is 6.52. The second-order valence-corrected chi connectivity index (χ2v) is 8.52. The predicted octanol–water partition coefficient (Wildman–Crippen LogP) is 6.53. The molecule has 0 aliphatic carbocycles. The molecule has 5 nitrogen and oxygen atoms in total. The first-order valence-electron chi connectivity index (χ1n) is 8.95. The normalized spacial score (nSPS) is 11.4. The average Bonchev–Trinajstić information content (AvgIpc) is 3.01. The fourth-order valence-electron chi connectivity index (χ4n) is 2.59. The predicted molar refractivity (Wildman–Crippen MR) is 124 cm³/mol.